The highest BCUT2D eigenvalue weighted by Gasteiger charge is 2.07. The van der Waals surface area contributed by atoms with Crippen molar-refractivity contribution in [2.24, 2.45) is 0 Å². The van der Waals surface area contributed by atoms with Crippen LogP contribution in [0.5, 0.6) is 0 Å². The molecule has 0 saturated carbocycles. The first kappa shape index (κ1) is 12.5. The van der Waals surface area contributed by atoms with Gasteiger partial charge in [0.05, 0.1) is 5.69 Å². The zero-order valence-electron chi connectivity index (χ0n) is 10.4. The Kier molecular flexibility index (Phi) is 3.55. The van der Waals surface area contributed by atoms with Crippen molar-refractivity contribution in [1.82, 2.24) is 10.2 Å². The fourth-order valence-corrected chi connectivity index (χ4v) is 1.80. The highest BCUT2D eigenvalue weighted by Crippen LogP contribution is 2.12. The first-order chi connectivity index (χ1) is 8.56. The van der Waals surface area contributed by atoms with Gasteiger partial charge in [0.1, 0.15) is 5.82 Å². The van der Waals surface area contributed by atoms with Gasteiger partial charge in [0.15, 0.2) is 0 Å². The van der Waals surface area contributed by atoms with Gasteiger partial charge in [-0.15, -0.1) is 0 Å². The summed E-state index contributed by atoms with van der Waals surface area (Å²) < 4.78 is 12.8. The molecule has 0 saturated heterocycles. The topological polar surface area (TPSA) is 45.8 Å². The largest absolute Gasteiger partial charge is 0.268 e. The maximum Gasteiger partial charge on any atom is 0.267 e. The van der Waals surface area contributed by atoms with Crippen LogP contribution < -0.4 is 5.56 Å². The molecule has 0 aliphatic carbocycles. The lowest BCUT2D eigenvalue weighted by Gasteiger charge is -2.06. The molecule has 0 unspecified atom stereocenters. The van der Waals surface area contributed by atoms with Crippen molar-refractivity contribution in [2.75, 3.05) is 0 Å². The van der Waals surface area contributed by atoms with Gasteiger partial charge in [-0.05, 0) is 29.7 Å². The summed E-state index contributed by atoms with van der Waals surface area (Å²) in [5, 5.41) is 6.51. The van der Waals surface area contributed by atoms with E-state index >= 15 is 0 Å². The van der Waals surface area contributed by atoms with Gasteiger partial charge in [-0.25, -0.2) is 9.49 Å². The number of halogens is 1. The second-order valence-electron chi connectivity index (χ2n) is 4.60. The van der Waals surface area contributed by atoms with Gasteiger partial charge >= 0.3 is 0 Å². The van der Waals surface area contributed by atoms with Gasteiger partial charge in [-0.1, -0.05) is 26.0 Å². The number of aromatic amines is 1. The lowest BCUT2D eigenvalue weighted by molar-refractivity contribution is 0.627. The van der Waals surface area contributed by atoms with E-state index in [1.807, 2.05) is 19.9 Å². The molecular weight excluding hydrogens is 231 g/mol. The molecule has 0 radical (unpaired) electrons. The summed E-state index contributed by atoms with van der Waals surface area (Å²) in [7, 11) is 0. The molecule has 3 nitrogen and oxygen atoms in total. The van der Waals surface area contributed by atoms with Crippen LogP contribution in [0, 0.1) is 5.82 Å². The number of aromatic nitrogens is 2. The summed E-state index contributed by atoms with van der Waals surface area (Å²) in [4.78, 5) is 11.5. The van der Waals surface area contributed by atoms with Crippen LogP contribution in [0.25, 0.3) is 0 Å². The Hall–Kier alpha value is -1.97. The van der Waals surface area contributed by atoms with E-state index in [2.05, 4.69) is 10.2 Å². The zero-order valence-corrected chi connectivity index (χ0v) is 10.4. The number of nitrogens with zero attached hydrogens (tertiary/aromatic N) is 1. The highest BCUT2D eigenvalue weighted by molar-refractivity contribution is 5.24. The molecule has 0 spiro atoms. The minimum Gasteiger partial charge on any atom is -0.268 e. The third kappa shape index (κ3) is 2.83. The van der Waals surface area contributed by atoms with Crippen LogP contribution in [0.3, 0.4) is 0 Å². The average Bonchev–Trinajstić information content (AvgIpc) is 2.34. The standard InChI is InChI=1S/C14H15FN2O/c1-9(2)13-8-12(16-17-14(13)18)7-10-3-5-11(15)6-4-10/h3-6,8-9H,7H2,1-2H3,(H,17,18). The highest BCUT2D eigenvalue weighted by atomic mass is 19.1. The van der Waals surface area contributed by atoms with Crippen molar-refractivity contribution in [1.29, 1.82) is 0 Å². The number of benzene rings is 1. The molecular formula is C14H15FN2O. The van der Waals surface area contributed by atoms with Crippen molar-refractivity contribution in [3.63, 3.8) is 0 Å². The Labute approximate surface area is 105 Å². The molecule has 0 aliphatic rings. The number of rotatable bonds is 3. The van der Waals surface area contributed by atoms with E-state index in [4.69, 9.17) is 0 Å². The predicted octanol–water partition coefficient (Wildman–Crippen LogP) is 2.62. The Bertz CT molecular complexity index is 587. The third-order valence-electron chi connectivity index (χ3n) is 2.81. The zero-order chi connectivity index (χ0) is 13.1. The van der Waals surface area contributed by atoms with Crippen LogP contribution in [0.4, 0.5) is 4.39 Å². The van der Waals surface area contributed by atoms with Crippen molar-refractivity contribution in [3.05, 3.63) is 63.3 Å². The van der Waals surface area contributed by atoms with Crippen LogP contribution in [0.15, 0.2) is 35.1 Å². The Balaban J connectivity index is 2.27. The summed E-state index contributed by atoms with van der Waals surface area (Å²) in [6, 6.07) is 8.09. The predicted molar refractivity (Wildman–Crippen MR) is 68.2 cm³/mol. The first-order valence-corrected chi connectivity index (χ1v) is 5.89. The minimum absolute atomic E-state index is 0.146. The summed E-state index contributed by atoms with van der Waals surface area (Å²) in [6.07, 6.45) is 0.580. The van der Waals surface area contributed by atoms with E-state index in [9.17, 15) is 9.18 Å². The monoisotopic (exact) mass is 246 g/mol. The molecule has 18 heavy (non-hydrogen) atoms. The Morgan fingerprint density at radius 2 is 1.94 bits per heavy atom. The number of hydrogen-bond donors (Lipinski definition) is 1. The molecule has 94 valence electrons. The summed E-state index contributed by atoms with van der Waals surface area (Å²) in [6.45, 7) is 3.93. The van der Waals surface area contributed by atoms with E-state index in [1.165, 1.54) is 12.1 Å². The van der Waals surface area contributed by atoms with Gasteiger partial charge in [0.2, 0.25) is 0 Å². The van der Waals surface area contributed by atoms with Crippen LogP contribution in [0.2, 0.25) is 0 Å². The van der Waals surface area contributed by atoms with Gasteiger partial charge in [0, 0.05) is 12.0 Å². The van der Waals surface area contributed by atoms with Crippen LogP contribution in [0.1, 0.15) is 36.6 Å². The van der Waals surface area contributed by atoms with Gasteiger partial charge < -0.3 is 0 Å². The number of H-pyrrole nitrogens is 1. The van der Waals surface area contributed by atoms with E-state index in [-0.39, 0.29) is 17.3 Å². The Morgan fingerprint density at radius 1 is 1.28 bits per heavy atom. The quantitative estimate of drug-likeness (QED) is 0.904. The fraction of sp³-hybridized carbons (Fsp3) is 0.286. The first-order valence-electron chi connectivity index (χ1n) is 5.89. The van der Waals surface area contributed by atoms with Crippen LogP contribution in [-0.2, 0) is 6.42 Å². The molecule has 4 heteroatoms. The molecule has 0 bridgehead atoms. The van der Waals surface area contributed by atoms with Crippen molar-refractivity contribution in [2.45, 2.75) is 26.2 Å². The van der Waals surface area contributed by atoms with Gasteiger partial charge in [-0.3, -0.25) is 4.79 Å². The molecule has 2 aromatic rings. The van der Waals surface area contributed by atoms with E-state index < -0.39 is 0 Å². The van der Waals surface area contributed by atoms with Gasteiger partial charge in [0.25, 0.3) is 5.56 Å². The van der Waals surface area contributed by atoms with Gasteiger partial charge in [-0.2, -0.15) is 5.10 Å². The molecule has 1 N–H and O–H groups in total. The smallest absolute Gasteiger partial charge is 0.267 e. The lowest BCUT2D eigenvalue weighted by Crippen LogP contribution is -2.16. The third-order valence-corrected chi connectivity index (χ3v) is 2.81. The van der Waals surface area contributed by atoms with Crippen LogP contribution >= 0.6 is 0 Å². The number of nitrogens with one attached hydrogen (secondary N) is 1. The van der Waals surface area contributed by atoms with E-state index in [0.29, 0.717) is 6.42 Å². The molecule has 1 aromatic carbocycles. The molecule has 1 heterocycles. The normalized spacial score (nSPS) is 10.9. The molecule has 0 fully saturated rings. The molecule has 0 aliphatic heterocycles. The molecule has 2 rings (SSSR count). The van der Waals surface area contributed by atoms with E-state index in [1.54, 1.807) is 12.1 Å². The van der Waals surface area contributed by atoms with Crippen LogP contribution in [-0.4, -0.2) is 10.2 Å². The lowest BCUT2D eigenvalue weighted by atomic mass is 10.0. The fourth-order valence-electron chi connectivity index (χ4n) is 1.80. The number of hydrogen-bond acceptors (Lipinski definition) is 2. The Morgan fingerprint density at radius 3 is 2.56 bits per heavy atom. The SMILES string of the molecule is CC(C)c1cc(Cc2ccc(F)cc2)n[nH]c1=O. The van der Waals surface area contributed by atoms with Crippen molar-refractivity contribution < 1.29 is 4.39 Å². The molecule has 0 atom stereocenters. The average molecular weight is 246 g/mol. The second kappa shape index (κ2) is 5.12. The minimum atomic E-state index is -0.254. The van der Waals surface area contributed by atoms with Crippen molar-refractivity contribution >= 4 is 0 Å². The molecule has 1 aromatic heterocycles. The summed E-state index contributed by atoms with van der Waals surface area (Å²) >= 11 is 0. The van der Waals surface area contributed by atoms with E-state index in [0.717, 1.165) is 16.8 Å². The summed E-state index contributed by atoms with van der Waals surface area (Å²) in [5.74, 6) is -0.0974. The maximum absolute atomic E-state index is 12.8. The van der Waals surface area contributed by atoms with Crippen molar-refractivity contribution in [3.8, 4) is 0 Å². The maximum atomic E-state index is 12.8. The summed E-state index contributed by atoms with van der Waals surface area (Å²) in [5.41, 5.74) is 2.32. The molecule has 0 amide bonds. The second-order valence-corrected chi connectivity index (χ2v) is 4.60.